The average Bonchev–Trinajstić information content (AvgIpc) is 2.71. The van der Waals surface area contributed by atoms with E-state index in [0.29, 0.717) is 5.92 Å². The van der Waals surface area contributed by atoms with Gasteiger partial charge in [-0.1, -0.05) is 25.0 Å². The van der Waals surface area contributed by atoms with Crippen LogP contribution in [0, 0.1) is 5.92 Å². The summed E-state index contributed by atoms with van der Waals surface area (Å²) in [6, 6.07) is 6.90. The summed E-state index contributed by atoms with van der Waals surface area (Å²) in [5, 5.41) is 19.7. The van der Waals surface area contributed by atoms with Gasteiger partial charge in [0.05, 0.1) is 5.60 Å². The predicted molar refractivity (Wildman–Crippen MR) is 59.6 cm³/mol. The second-order valence-corrected chi connectivity index (χ2v) is 4.68. The molecule has 1 aliphatic carbocycles. The first-order chi connectivity index (χ1) is 7.10. The molecule has 2 N–H and O–H groups in total. The maximum atomic E-state index is 10.5. The highest BCUT2D eigenvalue weighted by Gasteiger charge is 2.35. The van der Waals surface area contributed by atoms with Crippen LogP contribution in [0.5, 0.6) is 5.75 Å². The molecule has 0 heterocycles. The minimum absolute atomic E-state index is 0.251. The number of aliphatic hydroxyl groups is 1. The number of phenols is 1. The van der Waals surface area contributed by atoms with Gasteiger partial charge in [0.25, 0.3) is 0 Å². The van der Waals surface area contributed by atoms with E-state index in [4.69, 9.17) is 0 Å². The molecule has 2 rings (SSSR count). The van der Waals surface area contributed by atoms with Crippen LogP contribution < -0.4 is 0 Å². The van der Waals surface area contributed by atoms with E-state index in [1.807, 2.05) is 19.1 Å². The van der Waals surface area contributed by atoms with Gasteiger partial charge in [-0.05, 0) is 43.4 Å². The van der Waals surface area contributed by atoms with Gasteiger partial charge in [0.15, 0.2) is 0 Å². The number of rotatable bonds is 2. The summed E-state index contributed by atoms with van der Waals surface area (Å²) in [5.41, 5.74) is 0.164. The van der Waals surface area contributed by atoms with E-state index in [1.54, 1.807) is 12.1 Å². The summed E-state index contributed by atoms with van der Waals surface area (Å²) >= 11 is 0. The van der Waals surface area contributed by atoms with Crippen LogP contribution in [0.25, 0.3) is 0 Å². The van der Waals surface area contributed by atoms with Crippen molar-refractivity contribution in [3.05, 3.63) is 29.8 Å². The molecule has 1 unspecified atom stereocenters. The van der Waals surface area contributed by atoms with Crippen LogP contribution in [0.2, 0.25) is 0 Å². The van der Waals surface area contributed by atoms with Crippen molar-refractivity contribution in [3.63, 3.8) is 0 Å². The Balaban J connectivity index is 2.23. The SMILES string of the molecule is CC(O)(c1ccc(O)cc1)C1CCCC1. The molecule has 1 fully saturated rings. The molecule has 0 aromatic heterocycles. The van der Waals surface area contributed by atoms with Crippen molar-refractivity contribution in [1.29, 1.82) is 0 Å². The molecule has 0 radical (unpaired) electrons. The van der Waals surface area contributed by atoms with Gasteiger partial charge < -0.3 is 10.2 Å². The molecule has 0 saturated heterocycles. The molecule has 2 nitrogen and oxygen atoms in total. The van der Waals surface area contributed by atoms with E-state index in [-0.39, 0.29) is 5.75 Å². The summed E-state index contributed by atoms with van der Waals surface area (Å²) in [6.07, 6.45) is 4.65. The lowest BCUT2D eigenvalue weighted by molar-refractivity contribution is -0.00334. The summed E-state index contributed by atoms with van der Waals surface area (Å²) in [7, 11) is 0. The van der Waals surface area contributed by atoms with Gasteiger partial charge in [-0.25, -0.2) is 0 Å². The molecule has 0 bridgehead atoms. The number of hydrogen-bond acceptors (Lipinski definition) is 2. The maximum Gasteiger partial charge on any atom is 0.115 e. The van der Waals surface area contributed by atoms with E-state index in [2.05, 4.69) is 0 Å². The molecule has 2 heteroatoms. The van der Waals surface area contributed by atoms with Crippen molar-refractivity contribution < 1.29 is 10.2 Å². The molecule has 0 amide bonds. The second kappa shape index (κ2) is 3.86. The van der Waals surface area contributed by atoms with Crippen LogP contribution >= 0.6 is 0 Å². The Kier molecular flexibility index (Phi) is 2.70. The van der Waals surface area contributed by atoms with Crippen LogP contribution in [0.3, 0.4) is 0 Å². The van der Waals surface area contributed by atoms with Gasteiger partial charge in [-0.2, -0.15) is 0 Å². The lowest BCUT2D eigenvalue weighted by Gasteiger charge is -2.30. The molecule has 1 aromatic carbocycles. The predicted octanol–water partition coefficient (Wildman–Crippen LogP) is 2.79. The monoisotopic (exact) mass is 206 g/mol. The maximum absolute atomic E-state index is 10.5. The zero-order valence-electron chi connectivity index (χ0n) is 9.11. The molecular weight excluding hydrogens is 188 g/mol. The van der Waals surface area contributed by atoms with Crippen molar-refractivity contribution in [2.75, 3.05) is 0 Å². The largest absolute Gasteiger partial charge is 0.508 e. The molecule has 82 valence electrons. The molecule has 1 saturated carbocycles. The van der Waals surface area contributed by atoms with Crippen molar-refractivity contribution in [2.24, 2.45) is 5.92 Å². The van der Waals surface area contributed by atoms with E-state index >= 15 is 0 Å². The molecule has 15 heavy (non-hydrogen) atoms. The van der Waals surface area contributed by atoms with E-state index in [1.165, 1.54) is 12.8 Å². The third-order valence-corrected chi connectivity index (χ3v) is 3.60. The van der Waals surface area contributed by atoms with E-state index < -0.39 is 5.60 Å². The van der Waals surface area contributed by atoms with Crippen molar-refractivity contribution in [2.45, 2.75) is 38.2 Å². The van der Waals surface area contributed by atoms with Gasteiger partial charge in [0.2, 0.25) is 0 Å². The van der Waals surface area contributed by atoms with Gasteiger partial charge in [0.1, 0.15) is 5.75 Å². The molecular formula is C13H18O2. The molecule has 1 atom stereocenters. The Morgan fingerprint density at radius 2 is 1.67 bits per heavy atom. The zero-order valence-corrected chi connectivity index (χ0v) is 9.11. The Bertz CT molecular complexity index is 321. The summed E-state index contributed by atoms with van der Waals surface area (Å²) < 4.78 is 0. The fraction of sp³-hybridized carbons (Fsp3) is 0.538. The lowest BCUT2D eigenvalue weighted by Crippen LogP contribution is -2.29. The molecule has 1 aromatic rings. The van der Waals surface area contributed by atoms with Crippen LogP contribution in [0.1, 0.15) is 38.2 Å². The first-order valence-electron chi connectivity index (χ1n) is 5.62. The average molecular weight is 206 g/mol. The fourth-order valence-corrected chi connectivity index (χ4v) is 2.52. The normalized spacial score (nSPS) is 21.5. The van der Waals surface area contributed by atoms with Crippen LogP contribution in [0.4, 0.5) is 0 Å². The second-order valence-electron chi connectivity index (χ2n) is 4.68. The van der Waals surface area contributed by atoms with E-state index in [9.17, 15) is 10.2 Å². The van der Waals surface area contributed by atoms with Crippen LogP contribution in [-0.2, 0) is 5.60 Å². The number of phenolic OH excluding ortho intramolecular Hbond substituents is 1. The zero-order chi connectivity index (χ0) is 10.9. The summed E-state index contributed by atoms with van der Waals surface area (Å²) in [5.74, 6) is 0.614. The Morgan fingerprint density at radius 1 is 1.13 bits per heavy atom. The molecule has 0 spiro atoms. The van der Waals surface area contributed by atoms with Crippen LogP contribution in [0.15, 0.2) is 24.3 Å². The minimum Gasteiger partial charge on any atom is -0.508 e. The third-order valence-electron chi connectivity index (χ3n) is 3.60. The van der Waals surface area contributed by atoms with Crippen molar-refractivity contribution >= 4 is 0 Å². The number of hydrogen-bond donors (Lipinski definition) is 2. The van der Waals surface area contributed by atoms with Gasteiger partial charge in [-0.3, -0.25) is 0 Å². The lowest BCUT2D eigenvalue weighted by atomic mass is 9.82. The first-order valence-corrected chi connectivity index (χ1v) is 5.62. The highest BCUT2D eigenvalue weighted by Crippen LogP contribution is 2.40. The molecule has 0 aliphatic heterocycles. The van der Waals surface area contributed by atoms with Crippen molar-refractivity contribution in [3.8, 4) is 5.75 Å². The highest BCUT2D eigenvalue weighted by atomic mass is 16.3. The van der Waals surface area contributed by atoms with Gasteiger partial charge in [-0.15, -0.1) is 0 Å². The summed E-state index contributed by atoms with van der Waals surface area (Å²) in [4.78, 5) is 0. The van der Waals surface area contributed by atoms with Gasteiger partial charge >= 0.3 is 0 Å². The smallest absolute Gasteiger partial charge is 0.115 e. The van der Waals surface area contributed by atoms with E-state index in [0.717, 1.165) is 18.4 Å². The highest BCUT2D eigenvalue weighted by molar-refractivity contribution is 5.30. The number of benzene rings is 1. The fourth-order valence-electron chi connectivity index (χ4n) is 2.52. The van der Waals surface area contributed by atoms with Gasteiger partial charge in [0, 0.05) is 0 Å². The Morgan fingerprint density at radius 3 is 2.20 bits per heavy atom. The standard InChI is InChI=1S/C13H18O2/c1-13(15,10-4-2-3-5-10)11-6-8-12(14)9-7-11/h6-10,14-15H,2-5H2,1H3. The third kappa shape index (κ3) is 2.00. The summed E-state index contributed by atoms with van der Waals surface area (Å²) in [6.45, 7) is 1.88. The quantitative estimate of drug-likeness (QED) is 0.781. The first kappa shape index (κ1) is 10.5. The Hall–Kier alpha value is -1.02. The Labute approximate surface area is 90.6 Å². The van der Waals surface area contributed by atoms with Crippen LogP contribution in [-0.4, -0.2) is 10.2 Å². The molecule has 1 aliphatic rings. The number of aromatic hydroxyl groups is 1. The minimum atomic E-state index is -0.746. The van der Waals surface area contributed by atoms with Crippen molar-refractivity contribution in [1.82, 2.24) is 0 Å². The topological polar surface area (TPSA) is 40.5 Å².